The molecule has 0 spiro atoms. The molecule has 5 rings (SSSR count). The summed E-state index contributed by atoms with van der Waals surface area (Å²) in [6.07, 6.45) is 7.94. The van der Waals surface area contributed by atoms with Crippen LogP contribution < -0.4 is 10.2 Å². The lowest BCUT2D eigenvalue weighted by molar-refractivity contribution is -0.148. The molecule has 2 aliphatic carbocycles. The van der Waals surface area contributed by atoms with Crippen LogP contribution in [0.5, 0.6) is 0 Å². The molecule has 4 fully saturated rings. The summed E-state index contributed by atoms with van der Waals surface area (Å²) < 4.78 is 0. The van der Waals surface area contributed by atoms with Crippen LogP contribution in [-0.4, -0.2) is 72.8 Å². The Morgan fingerprint density at radius 1 is 1.03 bits per heavy atom. The molecule has 3 amide bonds. The Bertz CT molecular complexity index is 964. The van der Waals surface area contributed by atoms with Crippen molar-refractivity contribution < 1.29 is 14.4 Å². The van der Waals surface area contributed by atoms with Gasteiger partial charge < -0.3 is 10.2 Å². The molecule has 1 aromatic carbocycles. The first-order chi connectivity index (χ1) is 17.5. The van der Waals surface area contributed by atoms with Crippen molar-refractivity contribution in [3.8, 4) is 0 Å². The van der Waals surface area contributed by atoms with Gasteiger partial charge in [0.2, 0.25) is 17.7 Å². The van der Waals surface area contributed by atoms with E-state index in [9.17, 15) is 14.4 Å². The number of carbonyl (C=O) groups is 3. The molecule has 4 atom stereocenters. The van der Waals surface area contributed by atoms with Crippen molar-refractivity contribution in [3.05, 3.63) is 29.3 Å². The SMILES string of the molecule is O=C(NCCCCN1CCN(c2cccc(Cl)c2)CC1)[C@H]1CCC(=O)N1C(=O)CC1C[C@@H]2CC[C@H]1C2. The average molecular weight is 515 g/mol. The number of likely N-dealkylation sites (tertiary alicyclic amines) is 1. The van der Waals surface area contributed by atoms with Crippen LogP contribution in [0.4, 0.5) is 5.69 Å². The Balaban J connectivity index is 0.994. The fourth-order valence-electron chi connectivity index (χ4n) is 6.89. The molecule has 36 heavy (non-hydrogen) atoms. The van der Waals surface area contributed by atoms with Gasteiger partial charge in [-0.25, -0.2) is 0 Å². The minimum atomic E-state index is -0.622. The number of hydrogen-bond donors (Lipinski definition) is 1. The fraction of sp³-hybridized carbons (Fsp3) is 0.679. The normalized spacial score (nSPS) is 28.2. The number of nitrogens with one attached hydrogen (secondary N) is 1. The van der Waals surface area contributed by atoms with Gasteiger partial charge in [0.1, 0.15) is 6.04 Å². The fourth-order valence-corrected chi connectivity index (χ4v) is 7.07. The molecule has 4 aliphatic rings. The average Bonchev–Trinajstić information content (AvgIpc) is 3.60. The van der Waals surface area contributed by atoms with Crippen molar-refractivity contribution in [1.82, 2.24) is 15.1 Å². The van der Waals surface area contributed by atoms with Gasteiger partial charge in [-0.15, -0.1) is 0 Å². The summed E-state index contributed by atoms with van der Waals surface area (Å²) in [5, 5.41) is 3.77. The standard InChI is InChI=1S/C28H39ClN4O3/c29-23-4-3-5-24(19-23)32-14-12-31(13-15-32)11-2-1-10-30-28(36)25-8-9-26(34)33(25)27(35)18-22-17-20-6-7-21(22)16-20/h3-5,19-22,25H,1-2,6-18H2,(H,30,36)/t20-,21+,22?,25-/m1/s1. The van der Waals surface area contributed by atoms with Crippen molar-refractivity contribution in [3.63, 3.8) is 0 Å². The minimum absolute atomic E-state index is 0.132. The van der Waals surface area contributed by atoms with E-state index in [1.165, 1.54) is 29.8 Å². The third-order valence-corrected chi connectivity index (χ3v) is 9.09. The zero-order chi connectivity index (χ0) is 25.1. The molecule has 0 radical (unpaired) electrons. The number of anilines is 1. The summed E-state index contributed by atoms with van der Waals surface area (Å²) in [6.45, 7) is 5.60. The molecular weight excluding hydrogens is 476 g/mol. The van der Waals surface area contributed by atoms with Gasteiger partial charge in [0.05, 0.1) is 0 Å². The van der Waals surface area contributed by atoms with E-state index in [1.54, 1.807) is 0 Å². The Hall–Kier alpha value is -2.12. The van der Waals surface area contributed by atoms with E-state index in [1.807, 2.05) is 18.2 Å². The Labute approximate surface area is 219 Å². The van der Waals surface area contributed by atoms with E-state index in [0.29, 0.717) is 37.6 Å². The number of halogens is 1. The maximum absolute atomic E-state index is 13.0. The van der Waals surface area contributed by atoms with Gasteiger partial charge in [-0.05, 0) is 81.0 Å². The minimum Gasteiger partial charge on any atom is -0.369 e. The smallest absolute Gasteiger partial charge is 0.243 e. The van der Waals surface area contributed by atoms with Crippen molar-refractivity contribution in [1.29, 1.82) is 0 Å². The Morgan fingerprint density at radius 2 is 1.86 bits per heavy atom. The highest BCUT2D eigenvalue weighted by atomic mass is 35.5. The highest BCUT2D eigenvalue weighted by Gasteiger charge is 2.44. The predicted molar refractivity (Wildman–Crippen MR) is 141 cm³/mol. The third kappa shape index (κ3) is 5.88. The predicted octanol–water partition coefficient (Wildman–Crippen LogP) is 3.70. The second-order valence-corrected chi connectivity index (χ2v) is 11.6. The topological polar surface area (TPSA) is 73.0 Å². The van der Waals surface area contributed by atoms with Crippen molar-refractivity contribution in [2.75, 3.05) is 44.2 Å². The monoisotopic (exact) mass is 514 g/mol. The molecule has 2 aliphatic heterocycles. The zero-order valence-corrected chi connectivity index (χ0v) is 21.9. The number of hydrogen-bond acceptors (Lipinski definition) is 5. The largest absolute Gasteiger partial charge is 0.369 e. The van der Waals surface area contributed by atoms with Gasteiger partial charge in [-0.3, -0.25) is 24.2 Å². The number of amides is 3. The van der Waals surface area contributed by atoms with Gasteiger partial charge in [0.15, 0.2) is 0 Å². The van der Waals surface area contributed by atoms with Gasteiger partial charge >= 0.3 is 0 Å². The first kappa shape index (κ1) is 25.5. The van der Waals surface area contributed by atoms with E-state index in [4.69, 9.17) is 11.6 Å². The lowest BCUT2D eigenvalue weighted by Crippen LogP contribution is -2.48. The first-order valence-corrected chi connectivity index (χ1v) is 14.2. The Morgan fingerprint density at radius 3 is 2.58 bits per heavy atom. The van der Waals surface area contributed by atoms with Gasteiger partial charge in [0.25, 0.3) is 0 Å². The van der Waals surface area contributed by atoms with Crippen LogP contribution in [0, 0.1) is 17.8 Å². The first-order valence-electron chi connectivity index (χ1n) is 13.8. The molecule has 2 bridgehead atoms. The number of carbonyl (C=O) groups excluding carboxylic acids is 3. The molecule has 2 saturated carbocycles. The maximum atomic E-state index is 13.0. The maximum Gasteiger partial charge on any atom is 0.243 e. The number of rotatable bonds is 9. The van der Waals surface area contributed by atoms with E-state index < -0.39 is 6.04 Å². The molecule has 2 saturated heterocycles. The van der Waals surface area contributed by atoms with E-state index in [0.717, 1.165) is 62.9 Å². The summed E-state index contributed by atoms with van der Waals surface area (Å²) >= 11 is 6.13. The van der Waals surface area contributed by atoms with E-state index in [-0.39, 0.29) is 17.7 Å². The van der Waals surface area contributed by atoms with Gasteiger partial charge in [0, 0.05) is 56.3 Å². The quantitative estimate of drug-likeness (QED) is 0.509. The van der Waals surface area contributed by atoms with Crippen LogP contribution in [0.15, 0.2) is 24.3 Å². The number of nitrogens with zero attached hydrogens (tertiary/aromatic N) is 3. The summed E-state index contributed by atoms with van der Waals surface area (Å²) in [6, 6.07) is 7.40. The second-order valence-electron chi connectivity index (χ2n) is 11.2. The van der Waals surface area contributed by atoms with Crippen LogP contribution in [0.2, 0.25) is 5.02 Å². The zero-order valence-electron chi connectivity index (χ0n) is 21.2. The number of benzene rings is 1. The molecule has 0 aromatic heterocycles. The second kappa shape index (κ2) is 11.5. The van der Waals surface area contributed by atoms with Crippen molar-refractivity contribution >= 4 is 35.0 Å². The number of unbranched alkanes of at least 4 members (excludes halogenated alkanes) is 1. The van der Waals surface area contributed by atoms with E-state index in [2.05, 4.69) is 21.2 Å². The van der Waals surface area contributed by atoms with Gasteiger partial charge in [-0.1, -0.05) is 24.1 Å². The van der Waals surface area contributed by atoms with Crippen LogP contribution in [0.1, 0.15) is 57.8 Å². The van der Waals surface area contributed by atoms with Crippen molar-refractivity contribution in [2.45, 2.75) is 63.8 Å². The summed E-state index contributed by atoms with van der Waals surface area (Å²) in [4.78, 5) is 44.4. The summed E-state index contributed by atoms with van der Waals surface area (Å²) in [7, 11) is 0. The molecule has 1 aromatic rings. The van der Waals surface area contributed by atoms with Gasteiger partial charge in [-0.2, -0.15) is 0 Å². The van der Waals surface area contributed by atoms with Crippen LogP contribution >= 0.6 is 11.6 Å². The van der Waals surface area contributed by atoms with E-state index >= 15 is 0 Å². The van der Waals surface area contributed by atoms with Crippen LogP contribution in [-0.2, 0) is 14.4 Å². The lowest BCUT2D eigenvalue weighted by Gasteiger charge is -2.36. The number of imide groups is 1. The molecule has 7 nitrogen and oxygen atoms in total. The van der Waals surface area contributed by atoms with Crippen LogP contribution in [0.25, 0.3) is 0 Å². The Kier molecular flexibility index (Phi) is 8.16. The molecule has 8 heteroatoms. The molecular formula is C28H39ClN4O3. The third-order valence-electron chi connectivity index (χ3n) is 8.85. The highest BCUT2D eigenvalue weighted by molar-refractivity contribution is 6.30. The summed E-state index contributed by atoms with van der Waals surface area (Å²) in [5.74, 6) is 1.34. The number of fused-ring (bicyclic) bond motifs is 2. The summed E-state index contributed by atoms with van der Waals surface area (Å²) in [5.41, 5.74) is 1.18. The highest BCUT2D eigenvalue weighted by Crippen LogP contribution is 2.49. The van der Waals surface area contributed by atoms with Crippen LogP contribution in [0.3, 0.4) is 0 Å². The molecule has 196 valence electrons. The number of piperazine rings is 1. The van der Waals surface area contributed by atoms with Crippen molar-refractivity contribution in [2.24, 2.45) is 17.8 Å². The lowest BCUT2D eigenvalue weighted by atomic mass is 9.86. The molecule has 1 N–H and O–H groups in total. The molecule has 2 heterocycles. The molecule has 1 unspecified atom stereocenters.